The fraction of sp³-hybridized carbons (Fsp3) is 0.296. The van der Waals surface area contributed by atoms with Gasteiger partial charge in [0.05, 0.1) is 11.6 Å². The predicted molar refractivity (Wildman–Crippen MR) is 134 cm³/mol. The third-order valence-electron chi connectivity index (χ3n) is 6.18. The Bertz CT molecular complexity index is 1380. The Morgan fingerprint density at radius 2 is 1.76 bits per heavy atom. The summed E-state index contributed by atoms with van der Waals surface area (Å²) >= 11 is 0. The van der Waals surface area contributed by atoms with E-state index < -0.39 is 35.2 Å². The molecule has 0 saturated heterocycles. The minimum Gasteiger partial charge on any atom is -0.465 e. The molecule has 0 spiro atoms. The van der Waals surface area contributed by atoms with Crippen molar-refractivity contribution in [3.05, 3.63) is 78.1 Å². The van der Waals surface area contributed by atoms with Crippen LogP contribution in [0.4, 0.5) is 23.8 Å². The molecule has 4 rings (SSSR count). The largest absolute Gasteiger partial charge is 0.465 e. The number of rotatable bonds is 7. The van der Waals surface area contributed by atoms with E-state index in [1.165, 1.54) is 12.1 Å². The lowest BCUT2D eigenvalue weighted by atomic mass is 9.72. The zero-order valence-corrected chi connectivity index (χ0v) is 20.5. The summed E-state index contributed by atoms with van der Waals surface area (Å²) in [5.41, 5.74) is 0.165. The van der Waals surface area contributed by atoms with Crippen molar-refractivity contribution in [2.45, 2.75) is 38.9 Å². The van der Waals surface area contributed by atoms with Crippen LogP contribution < -0.4 is 10.6 Å². The summed E-state index contributed by atoms with van der Waals surface area (Å²) < 4.78 is 44.7. The van der Waals surface area contributed by atoms with Crippen molar-refractivity contribution in [1.29, 1.82) is 0 Å². The average Bonchev–Trinajstić information content (AvgIpc) is 3.30. The Labute approximate surface area is 211 Å². The molecule has 37 heavy (non-hydrogen) atoms. The van der Waals surface area contributed by atoms with Crippen LogP contribution >= 0.6 is 0 Å². The molecule has 0 aliphatic carbocycles. The Hall–Kier alpha value is -4.08. The molecule has 7 nitrogen and oxygen atoms in total. The first-order valence-electron chi connectivity index (χ1n) is 11.6. The molecule has 2 heterocycles. The van der Waals surface area contributed by atoms with Gasteiger partial charge in [0.1, 0.15) is 0 Å². The van der Waals surface area contributed by atoms with E-state index in [0.717, 1.165) is 28.5 Å². The SMILES string of the molecule is CC(C)(C)[C@@H](c1ccc(C(F)(F)F)cc1)C(CNc1cc(-c2ccc3cnccc3c2)on1)NC(=O)O. The summed E-state index contributed by atoms with van der Waals surface area (Å²) in [5, 5.41) is 21.2. The van der Waals surface area contributed by atoms with Crippen molar-refractivity contribution in [2.24, 2.45) is 5.41 Å². The molecule has 0 fully saturated rings. The number of halogens is 3. The molecule has 0 aliphatic heterocycles. The lowest BCUT2D eigenvalue weighted by molar-refractivity contribution is -0.137. The quantitative estimate of drug-likeness (QED) is 0.252. The molecule has 0 radical (unpaired) electrons. The Morgan fingerprint density at radius 1 is 1.03 bits per heavy atom. The van der Waals surface area contributed by atoms with Gasteiger partial charge in [-0.2, -0.15) is 13.2 Å². The van der Waals surface area contributed by atoms with Gasteiger partial charge in [0.25, 0.3) is 0 Å². The maximum absolute atomic E-state index is 13.1. The number of hydrogen-bond acceptors (Lipinski definition) is 5. The van der Waals surface area contributed by atoms with Crippen molar-refractivity contribution in [1.82, 2.24) is 15.5 Å². The summed E-state index contributed by atoms with van der Waals surface area (Å²) in [6.45, 7) is 5.87. The van der Waals surface area contributed by atoms with Crippen LogP contribution in [0.1, 0.15) is 37.8 Å². The van der Waals surface area contributed by atoms with Gasteiger partial charge in [0.2, 0.25) is 0 Å². The number of anilines is 1. The highest BCUT2D eigenvalue weighted by Gasteiger charge is 2.36. The fourth-order valence-corrected chi connectivity index (χ4v) is 4.57. The first kappa shape index (κ1) is 26.0. The van der Waals surface area contributed by atoms with Crippen LogP contribution in [-0.4, -0.2) is 33.9 Å². The minimum atomic E-state index is -4.46. The van der Waals surface area contributed by atoms with Gasteiger partial charge < -0.3 is 20.3 Å². The van der Waals surface area contributed by atoms with E-state index in [1.54, 1.807) is 18.5 Å². The van der Waals surface area contributed by atoms with Gasteiger partial charge in [-0.1, -0.05) is 50.2 Å². The van der Waals surface area contributed by atoms with Crippen LogP contribution in [0.3, 0.4) is 0 Å². The summed E-state index contributed by atoms with van der Waals surface area (Å²) in [6, 6.07) is 13.5. The number of carboxylic acid groups (broad SMARTS) is 1. The lowest BCUT2D eigenvalue weighted by Gasteiger charge is -2.37. The lowest BCUT2D eigenvalue weighted by Crippen LogP contribution is -2.47. The molecule has 1 amide bonds. The Kier molecular flexibility index (Phi) is 7.11. The third kappa shape index (κ3) is 6.19. The van der Waals surface area contributed by atoms with E-state index in [2.05, 4.69) is 20.8 Å². The van der Waals surface area contributed by atoms with E-state index in [1.807, 2.05) is 45.0 Å². The number of nitrogens with one attached hydrogen (secondary N) is 2. The standard InChI is InChI=1S/C27H27F3N4O3/c1-26(2,3)24(16-6-8-20(9-7-16)27(28,29)30)21(33-25(35)36)15-32-23-13-22(37-34-23)18-4-5-19-14-31-11-10-17(19)12-18/h4-14,21,24,33H,15H2,1-3H3,(H,32,34)(H,35,36)/t21?,24-/m0/s1. The highest BCUT2D eigenvalue weighted by atomic mass is 19.4. The van der Waals surface area contributed by atoms with Crippen molar-refractivity contribution in [3.63, 3.8) is 0 Å². The number of aromatic nitrogens is 2. The molecule has 3 N–H and O–H groups in total. The zero-order chi connectivity index (χ0) is 26.8. The number of carbonyl (C=O) groups is 1. The third-order valence-corrected chi connectivity index (χ3v) is 6.18. The van der Waals surface area contributed by atoms with Gasteiger partial charge in [-0.05, 0) is 40.6 Å². The number of hydrogen-bond donors (Lipinski definition) is 3. The monoisotopic (exact) mass is 512 g/mol. The molecular formula is C27H27F3N4O3. The fourth-order valence-electron chi connectivity index (χ4n) is 4.57. The predicted octanol–water partition coefficient (Wildman–Crippen LogP) is 6.79. The van der Waals surface area contributed by atoms with Crippen molar-refractivity contribution < 1.29 is 27.6 Å². The molecule has 1 unspecified atom stereocenters. The Balaban J connectivity index is 1.56. The topological polar surface area (TPSA) is 100 Å². The molecule has 2 aromatic heterocycles. The summed E-state index contributed by atoms with van der Waals surface area (Å²) in [4.78, 5) is 15.7. The number of amides is 1. The van der Waals surface area contributed by atoms with Crippen LogP contribution in [0.2, 0.25) is 0 Å². The summed E-state index contributed by atoms with van der Waals surface area (Å²) in [6.07, 6.45) is -2.22. The number of alkyl halides is 3. The molecule has 0 aliphatic rings. The minimum absolute atomic E-state index is 0.130. The molecule has 2 atom stereocenters. The summed E-state index contributed by atoms with van der Waals surface area (Å²) in [7, 11) is 0. The van der Waals surface area contributed by atoms with Crippen LogP contribution in [0.5, 0.6) is 0 Å². The summed E-state index contributed by atoms with van der Waals surface area (Å²) in [5.74, 6) is 0.486. The van der Waals surface area contributed by atoms with Gasteiger partial charge in [-0.3, -0.25) is 4.98 Å². The highest BCUT2D eigenvalue weighted by Crippen LogP contribution is 2.39. The molecule has 0 saturated carbocycles. The molecule has 4 aromatic rings. The number of fused-ring (bicyclic) bond motifs is 1. The van der Waals surface area contributed by atoms with Gasteiger partial charge >= 0.3 is 12.3 Å². The van der Waals surface area contributed by atoms with E-state index in [-0.39, 0.29) is 6.54 Å². The van der Waals surface area contributed by atoms with Gasteiger partial charge in [0, 0.05) is 41.9 Å². The van der Waals surface area contributed by atoms with Crippen LogP contribution in [0.15, 0.2) is 71.5 Å². The molecule has 10 heteroatoms. The Morgan fingerprint density at radius 3 is 2.41 bits per heavy atom. The smallest absolute Gasteiger partial charge is 0.416 e. The first-order chi connectivity index (χ1) is 17.4. The zero-order valence-electron chi connectivity index (χ0n) is 20.5. The van der Waals surface area contributed by atoms with Crippen molar-refractivity contribution >= 4 is 22.7 Å². The molecule has 2 aromatic carbocycles. The normalized spacial score (nSPS) is 13.8. The second kappa shape index (κ2) is 10.1. The van der Waals surface area contributed by atoms with Crippen molar-refractivity contribution in [2.75, 3.05) is 11.9 Å². The van der Waals surface area contributed by atoms with Gasteiger partial charge in [-0.25, -0.2) is 4.79 Å². The average molecular weight is 513 g/mol. The van der Waals surface area contributed by atoms with E-state index in [9.17, 15) is 23.1 Å². The molecular weight excluding hydrogens is 485 g/mol. The van der Waals surface area contributed by atoms with Crippen LogP contribution in [-0.2, 0) is 6.18 Å². The van der Waals surface area contributed by atoms with Gasteiger partial charge in [0.15, 0.2) is 11.6 Å². The first-order valence-corrected chi connectivity index (χ1v) is 11.6. The van der Waals surface area contributed by atoms with Crippen LogP contribution in [0, 0.1) is 5.41 Å². The molecule has 0 bridgehead atoms. The molecule has 194 valence electrons. The second-order valence-electron chi connectivity index (χ2n) is 9.91. The number of pyridine rings is 1. The van der Waals surface area contributed by atoms with E-state index >= 15 is 0 Å². The van der Waals surface area contributed by atoms with E-state index in [4.69, 9.17) is 4.52 Å². The van der Waals surface area contributed by atoms with Gasteiger partial charge in [-0.15, -0.1) is 0 Å². The second-order valence-corrected chi connectivity index (χ2v) is 9.91. The number of nitrogens with zero attached hydrogens (tertiary/aromatic N) is 2. The van der Waals surface area contributed by atoms with E-state index in [0.29, 0.717) is 17.1 Å². The maximum Gasteiger partial charge on any atom is 0.416 e. The highest BCUT2D eigenvalue weighted by molar-refractivity contribution is 5.86. The maximum atomic E-state index is 13.1. The number of benzene rings is 2. The van der Waals surface area contributed by atoms with Crippen LogP contribution in [0.25, 0.3) is 22.1 Å². The van der Waals surface area contributed by atoms with Crippen molar-refractivity contribution in [3.8, 4) is 11.3 Å².